The zero-order valence-corrected chi connectivity index (χ0v) is 19.8. The van der Waals surface area contributed by atoms with Crippen LogP contribution in [0.25, 0.3) is 0 Å². The SMILES string of the molecule is Cc1cc(C)c(C)c(OCC(=O)N(CCc2ccccc2)[C@@H](C)C(=O)NC2CCCC2)c1. The predicted molar refractivity (Wildman–Crippen MR) is 128 cm³/mol. The molecule has 0 heterocycles. The van der Waals surface area contributed by atoms with Gasteiger partial charge < -0.3 is 15.0 Å². The lowest BCUT2D eigenvalue weighted by Gasteiger charge is -2.29. The minimum atomic E-state index is -0.546. The topological polar surface area (TPSA) is 58.6 Å². The number of carbonyl (C=O) groups is 2. The zero-order valence-electron chi connectivity index (χ0n) is 19.8. The minimum absolute atomic E-state index is 0.0825. The summed E-state index contributed by atoms with van der Waals surface area (Å²) in [5.74, 6) is 0.469. The molecule has 172 valence electrons. The van der Waals surface area contributed by atoms with Crippen LogP contribution in [0.3, 0.4) is 0 Å². The van der Waals surface area contributed by atoms with E-state index >= 15 is 0 Å². The average Bonchev–Trinajstić information content (AvgIpc) is 3.29. The Hall–Kier alpha value is -2.82. The first-order chi connectivity index (χ1) is 15.3. The third kappa shape index (κ3) is 6.35. The van der Waals surface area contributed by atoms with Gasteiger partial charge in [0.05, 0.1) is 0 Å². The Labute approximate surface area is 192 Å². The van der Waals surface area contributed by atoms with Crippen LogP contribution >= 0.6 is 0 Å². The van der Waals surface area contributed by atoms with Crippen molar-refractivity contribution >= 4 is 11.8 Å². The highest BCUT2D eigenvalue weighted by molar-refractivity contribution is 5.88. The van der Waals surface area contributed by atoms with Crippen molar-refractivity contribution in [2.75, 3.05) is 13.2 Å². The molecule has 0 saturated heterocycles. The number of hydrogen-bond acceptors (Lipinski definition) is 3. The first-order valence-electron chi connectivity index (χ1n) is 11.7. The van der Waals surface area contributed by atoms with Gasteiger partial charge in [-0.15, -0.1) is 0 Å². The van der Waals surface area contributed by atoms with E-state index in [4.69, 9.17) is 4.74 Å². The molecule has 0 bridgehead atoms. The highest BCUT2D eigenvalue weighted by atomic mass is 16.5. The zero-order chi connectivity index (χ0) is 23.1. The van der Waals surface area contributed by atoms with Crippen molar-refractivity contribution in [2.24, 2.45) is 0 Å². The van der Waals surface area contributed by atoms with Gasteiger partial charge in [0.1, 0.15) is 11.8 Å². The van der Waals surface area contributed by atoms with Gasteiger partial charge in [0.15, 0.2) is 6.61 Å². The Kier molecular flexibility index (Phi) is 8.32. The number of carbonyl (C=O) groups excluding carboxylic acids is 2. The Morgan fingerprint density at radius 3 is 2.47 bits per heavy atom. The van der Waals surface area contributed by atoms with Crippen LogP contribution in [0, 0.1) is 20.8 Å². The molecule has 0 radical (unpaired) electrons. The summed E-state index contributed by atoms with van der Waals surface area (Å²) in [5, 5.41) is 3.14. The monoisotopic (exact) mass is 436 g/mol. The maximum absolute atomic E-state index is 13.2. The van der Waals surface area contributed by atoms with Crippen LogP contribution in [0.2, 0.25) is 0 Å². The molecule has 1 N–H and O–H groups in total. The van der Waals surface area contributed by atoms with Gasteiger partial charge in [-0.3, -0.25) is 9.59 Å². The molecule has 2 amide bonds. The standard InChI is InChI=1S/C27H36N2O3/c1-19-16-20(2)21(3)25(17-19)32-18-26(30)29(15-14-23-10-6-5-7-11-23)22(4)27(31)28-24-12-8-9-13-24/h5-7,10-11,16-17,22,24H,8-9,12-15,18H2,1-4H3,(H,28,31)/t22-/m0/s1. The molecular formula is C27H36N2O3. The Bertz CT molecular complexity index is 920. The molecule has 0 spiro atoms. The van der Waals surface area contributed by atoms with Crippen molar-refractivity contribution in [2.45, 2.75) is 71.9 Å². The molecule has 32 heavy (non-hydrogen) atoms. The minimum Gasteiger partial charge on any atom is -0.483 e. The summed E-state index contributed by atoms with van der Waals surface area (Å²) in [5.41, 5.74) is 4.41. The summed E-state index contributed by atoms with van der Waals surface area (Å²) in [6.45, 7) is 8.26. The summed E-state index contributed by atoms with van der Waals surface area (Å²) in [4.78, 5) is 27.8. The Balaban J connectivity index is 1.69. The summed E-state index contributed by atoms with van der Waals surface area (Å²) in [6.07, 6.45) is 5.03. The maximum Gasteiger partial charge on any atom is 0.261 e. The van der Waals surface area contributed by atoms with Gasteiger partial charge in [-0.25, -0.2) is 0 Å². The van der Waals surface area contributed by atoms with E-state index in [1.165, 1.54) is 0 Å². The lowest BCUT2D eigenvalue weighted by molar-refractivity contribution is -0.141. The normalized spacial score (nSPS) is 14.8. The highest BCUT2D eigenvalue weighted by Crippen LogP contribution is 2.23. The molecule has 0 aliphatic heterocycles. The van der Waals surface area contributed by atoms with Crippen molar-refractivity contribution in [1.29, 1.82) is 0 Å². The predicted octanol–water partition coefficient (Wildman–Crippen LogP) is 4.51. The molecule has 0 aromatic heterocycles. The van der Waals surface area contributed by atoms with Gasteiger partial charge in [-0.1, -0.05) is 49.2 Å². The van der Waals surface area contributed by atoms with Crippen LogP contribution in [0.5, 0.6) is 5.75 Å². The fourth-order valence-corrected chi connectivity index (χ4v) is 4.34. The molecule has 1 fully saturated rings. The van der Waals surface area contributed by atoms with E-state index in [-0.39, 0.29) is 24.5 Å². The first kappa shape index (κ1) is 23.8. The van der Waals surface area contributed by atoms with Crippen LogP contribution in [-0.2, 0) is 16.0 Å². The van der Waals surface area contributed by atoms with Crippen LogP contribution in [-0.4, -0.2) is 41.9 Å². The molecule has 1 aliphatic rings. The molecule has 5 heteroatoms. The van der Waals surface area contributed by atoms with E-state index in [2.05, 4.69) is 11.4 Å². The number of ether oxygens (including phenoxy) is 1. The Morgan fingerprint density at radius 1 is 1.09 bits per heavy atom. The van der Waals surface area contributed by atoms with Crippen LogP contribution in [0.1, 0.15) is 54.9 Å². The van der Waals surface area contributed by atoms with Crippen molar-refractivity contribution in [3.8, 4) is 5.75 Å². The summed E-state index contributed by atoms with van der Waals surface area (Å²) in [7, 11) is 0. The summed E-state index contributed by atoms with van der Waals surface area (Å²) in [6, 6.07) is 13.8. The lowest BCUT2D eigenvalue weighted by Crippen LogP contribution is -2.51. The van der Waals surface area contributed by atoms with Crippen LogP contribution in [0.4, 0.5) is 0 Å². The molecule has 1 aliphatic carbocycles. The number of hydrogen-bond donors (Lipinski definition) is 1. The second kappa shape index (κ2) is 11.2. The van der Waals surface area contributed by atoms with Crippen molar-refractivity contribution < 1.29 is 14.3 Å². The number of benzene rings is 2. The molecule has 1 atom stereocenters. The molecule has 1 saturated carbocycles. The Morgan fingerprint density at radius 2 is 1.78 bits per heavy atom. The van der Waals surface area contributed by atoms with Gasteiger partial charge in [0.2, 0.25) is 5.91 Å². The maximum atomic E-state index is 13.2. The summed E-state index contributed by atoms with van der Waals surface area (Å²) >= 11 is 0. The number of aryl methyl sites for hydroxylation is 2. The average molecular weight is 437 g/mol. The fourth-order valence-electron chi connectivity index (χ4n) is 4.34. The van der Waals surface area contributed by atoms with Crippen molar-refractivity contribution in [3.05, 3.63) is 64.7 Å². The van der Waals surface area contributed by atoms with E-state index in [0.29, 0.717) is 13.0 Å². The van der Waals surface area contributed by atoms with Gasteiger partial charge in [0, 0.05) is 12.6 Å². The van der Waals surface area contributed by atoms with Gasteiger partial charge in [-0.2, -0.15) is 0 Å². The second-order valence-corrected chi connectivity index (χ2v) is 8.98. The van der Waals surface area contributed by atoms with E-state index < -0.39 is 6.04 Å². The smallest absolute Gasteiger partial charge is 0.261 e. The van der Waals surface area contributed by atoms with Crippen LogP contribution < -0.4 is 10.1 Å². The lowest BCUT2D eigenvalue weighted by atomic mass is 10.1. The molecule has 3 rings (SSSR count). The third-order valence-corrected chi connectivity index (χ3v) is 6.47. The summed E-state index contributed by atoms with van der Waals surface area (Å²) < 4.78 is 5.93. The fraction of sp³-hybridized carbons (Fsp3) is 0.481. The van der Waals surface area contributed by atoms with Crippen molar-refractivity contribution in [1.82, 2.24) is 10.2 Å². The van der Waals surface area contributed by atoms with Gasteiger partial charge >= 0.3 is 0 Å². The van der Waals surface area contributed by atoms with E-state index in [1.54, 1.807) is 4.90 Å². The van der Waals surface area contributed by atoms with E-state index in [1.807, 2.05) is 64.1 Å². The quantitative estimate of drug-likeness (QED) is 0.629. The molecule has 2 aromatic rings. The number of nitrogens with zero attached hydrogens (tertiary/aromatic N) is 1. The van der Waals surface area contributed by atoms with Gasteiger partial charge in [0.25, 0.3) is 5.91 Å². The van der Waals surface area contributed by atoms with Crippen molar-refractivity contribution in [3.63, 3.8) is 0 Å². The van der Waals surface area contributed by atoms with E-state index in [9.17, 15) is 9.59 Å². The highest BCUT2D eigenvalue weighted by Gasteiger charge is 2.28. The number of rotatable bonds is 9. The number of amides is 2. The molecule has 5 nitrogen and oxygen atoms in total. The van der Waals surface area contributed by atoms with Gasteiger partial charge in [-0.05, 0) is 75.3 Å². The second-order valence-electron chi connectivity index (χ2n) is 8.98. The molecule has 2 aromatic carbocycles. The molecule has 0 unspecified atom stereocenters. The number of nitrogens with one attached hydrogen (secondary N) is 1. The van der Waals surface area contributed by atoms with E-state index in [0.717, 1.165) is 53.7 Å². The largest absolute Gasteiger partial charge is 0.483 e. The third-order valence-electron chi connectivity index (χ3n) is 6.47. The van der Waals surface area contributed by atoms with Crippen LogP contribution in [0.15, 0.2) is 42.5 Å². The first-order valence-corrected chi connectivity index (χ1v) is 11.7. The molecular weight excluding hydrogens is 400 g/mol.